The molecule has 0 aromatic heterocycles. The molecule has 142 valence electrons. The van der Waals surface area contributed by atoms with Crippen molar-refractivity contribution in [1.29, 1.82) is 0 Å². The standard InChI is InChI=1S/C20H28ClN3O2/c21-15-3-5-17(6-4-15)23-11-7-16(14-23)22-20(25)19-2-1-10-24(19)18-8-12-26-13-9-18/h3-6,16,18-19H,1-2,7-14H2,(H,22,25). The first-order chi connectivity index (χ1) is 12.7. The van der Waals surface area contributed by atoms with E-state index in [2.05, 4.69) is 27.2 Å². The lowest BCUT2D eigenvalue weighted by atomic mass is 10.1. The summed E-state index contributed by atoms with van der Waals surface area (Å²) in [6, 6.07) is 8.74. The van der Waals surface area contributed by atoms with Gasteiger partial charge in [-0.1, -0.05) is 11.6 Å². The summed E-state index contributed by atoms with van der Waals surface area (Å²) in [5.41, 5.74) is 1.18. The van der Waals surface area contributed by atoms with Crippen molar-refractivity contribution >= 4 is 23.2 Å². The molecule has 1 aromatic carbocycles. The number of halogens is 1. The number of hydrogen-bond donors (Lipinski definition) is 1. The molecule has 3 heterocycles. The van der Waals surface area contributed by atoms with Gasteiger partial charge < -0.3 is 15.0 Å². The maximum absolute atomic E-state index is 12.9. The Morgan fingerprint density at radius 3 is 2.62 bits per heavy atom. The van der Waals surface area contributed by atoms with Crippen molar-refractivity contribution in [1.82, 2.24) is 10.2 Å². The number of rotatable bonds is 4. The average Bonchev–Trinajstić information content (AvgIpc) is 3.32. The highest BCUT2D eigenvalue weighted by atomic mass is 35.5. The van der Waals surface area contributed by atoms with Crippen molar-refractivity contribution in [3.63, 3.8) is 0 Å². The molecule has 6 heteroatoms. The molecule has 0 saturated carbocycles. The first-order valence-corrected chi connectivity index (χ1v) is 10.2. The van der Waals surface area contributed by atoms with Crippen LogP contribution in [0.1, 0.15) is 32.1 Å². The van der Waals surface area contributed by atoms with Gasteiger partial charge in [-0.3, -0.25) is 9.69 Å². The number of ether oxygens (including phenoxy) is 1. The molecule has 2 atom stereocenters. The fraction of sp³-hybridized carbons (Fsp3) is 0.650. The molecule has 3 aliphatic rings. The molecule has 1 N–H and O–H groups in total. The molecular formula is C20H28ClN3O2. The van der Waals surface area contributed by atoms with Gasteiger partial charge in [-0.05, 0) is 62.9 Å². The number of hydrogen-bond acceptors (Lipinski definition) is 4. The Hall–Kier alpha value is -1.30. The zero-order valence-electron chi connectivity index (χ0n) is 15.2. The second-order valence-corrected chi connectivity index (χ2v) is 8.09. The Bertz CT molecular complexity index is 618. The van der Waals surface area contributed by atoms with Crippen molar-refractivity contribution in [3.8, 4) is 0 Å². The Balaban J connectivity index is 1.32. The topological polar surface area (TPSA) is 44.8 Å². The molecule has 2 unspecified atom stereocenters. The third kappa shape index (κ3) is 4.00. The van der Waals surface area contributed by atoms with Crippen LogP contribution in [0.5, 0.6) is 0 Å². The molecule has 1 amide bonds. The van der Waals surface area contributed by atoms with E-state index >= 15 is 0 Å². The molecule has 0 spiro atoms. The summed E-state index contributed by atoms with van der Waals surface area (Å²) in [6.45, 7) is 4.55. The van der Waals surface area contributed by atoms with E-state index in [1.807, 2.05) is 12.1 Å². The van der Waals surface area contributed by atoms with Crippen LogP contribution in [0.3, 0.4) is 0 Å². The number of nitrogens with one attached hydrogen (secondary N) is 1. The van der Waals surface area contributed by atoms with Crippen LogP contribution in [0.15, 0.2) is 24.3 Å². The minimum Gasteiger partial charge on any atom is -0.381 e. The van der Waals surface area contributed by atoms with Crippen LogP contribution in [0, 0.1) is 0 Å². The zero-order valence-corrected chi connectivity index (χ0v) is 16.0. The molecule has 0 aliphatic carbocycles. The number of benzene rings is 1. The van der Waals surface area contributed by atoms with E-state index in [9.17, 15) is 4.79 Å². The largest absolute Gasteiger partial charge is 0.381 e. The molecule has 1 aromatic rings. The third-order valence-corrected chi connectivity index (χ3v) is 6.24. The Morgan fingerprint density at radius 2 is 1.85 bits per heavy atom. The van der Waals surface area contributed by atoms with Gasteiger partial charge in [0.15, 0.2) is 0 Å². The van der Waals surface area contributed by atoms with Crippen LogP contribution in [0.4, 0.5) is 5.69 Å². The molecule has 0 radical (unpaired) electrons. The van der Waals surface area contributed by atoms with E-state index in [4.69, 9.17) is 16.3 Å². The van der Waals surface area contributed by atoms with Gasteiger partial charge in [-0.2, -0.15) is 0 Å². The smallest absolute Gasteiger partial charge is 0.237 e. The lowest BCUT2D eigenvalue weighted by Gasteiger charge is -2.35. The van der Waals surface area contributed by atoms with Crippen molar-refractivity contribution < 1.29 is 9.53 Å². The fourth-order valence-electron chi connectivity index (χ4n) is 4.59. The third-order valence-electron chi connectivity index (χ3n) is 5.98. The average molecular weight is 378 g/mol. The summed E-state index contributed by atoms with van der Waals surface area (Å²) < 4.78 is 5.48. The first kappa shape index (κ1) is 18.1. The number of anilines is 1. The molecule has 4 rings (SSSR count). The maximum Gasteiger partial charge on any atom is 0.237 e. The maximum atomic E-state index is 12.9. The van der Waals surface area contributed by atoms with E-state index in [0.717, 1.165) is 70.0 Å². The number of amides is 1. The van der Waals surface area contributed by atoms with Gasteiger partial charge in [-0.25, -0.2) is 0 Å². The van der Waals surface area contributed by atoms with Crippen LogP contribution >= 0.6 is 11.6 Å². The van der Waals surface area contributed by atoms with Crippen molar-refractivity contribution in [3.05, 3.63) is 29.3 Å². The minimum absolute atomic E-state index is 0.0441. The molecule has 3 fully saturated rings. The van der Waals surface area contributed by atoms with E-state index in [1.165, 1.54) is 5.69 Å². The number of nitrogens with zero attached hydrogens (tertiary/aromatic N) is 2. The van der Waals surface area contributed by atoms with E-state index in [1.54, 1.807) is 0 Å². The molecule has 5 nitrogen and oxygen atoms in total. The highest BCUT2D eigenvalue weighted by molar-refractivity contribution is 6.30. The predicted molar refractivity (Wildman–Crippen MR) is 104 cm³/mol. The van der Waals surface area contributed by atoms with Crippen LogP contribution < -0.4 is 10.2 Å². The van der Waals surface area contributed by atoms with Gasteiger partial charge >= 0.3 is 0 Å². The summed E-state index contributed by atoms with van der Waals surface area (Å²) in [5.74, 6) is 0.219. The van der Waals surface area contributed by atoms with E-state index in [-0.39, 0.29) is 18.0 Å². The Morgan fingerprint density at radius 1 is 1.08 bits per heavy atom. The summed E-state index contributed by atoms with van der Waals surface area (Å²) in [7, 11) is 0. The van der Waals surface area contributed by atoms with Gasteiger partial charge in [0, 0.05) is 49.1 Å². The molecule has 3 saturated heterocycles. The van der Waals surface area contributed by atoms with Crippen LogP contribution in [-0.2, 0) is 9.53 Å². The second-order valence-electron chi connectivity index (χ2n) is 7.66. The SMILES string of the molecule is O=C(NC1CCN(c2ccc(Cl)cc2)C1)C1CCCN1C1CCOCC1. The van der Waals surface area contributed by atoms with Gasteiger partial charge in [-0.15, -0.1) is 0 Å². The van der Waals surface area contributed by atoms with Crippen molar-refractivity contribution in [2.24, 2.45) is 0 Å². The summed E-state index contributed by atoms with van der Waals surface area (Å²) in [6.07, 6.45) is 5.21. The van der Waals surface area contributed by atoms with Crippen LogP contribution in [0.25, 0.3) is 0 Å². The summed E-state index contributed by atoms with van der Waals surface area (Å²) >= 11 is 5.98. The van der Waals surface area contributed by atoms with Gasteiger partial charge in [0.2, 0.25) is 5.91 Å². The molecule has 26 heavy (non-hydrogen) atoms. The second kappa shape index (κ2) is 8.15. The van der Waals surface area contributed by atoms with Gasteiger partial charge in [0.1, 0.15) is 0 Å². The van der Waals surface area contributed by atoms with E-state index < -0.39 is 0 Å². The monoisotopic (exact) mass is 377 g/mol. The highest BCUT2D eigenvalue weighted by Gasteiger charge is 2.37. The molecule has 0 bridgehead atoms. The number of carbonyl (C=O) groups is 1. The lowest BCUT2D eigenvalue weighted by Crippen LogP contribution is -2.51. The van der Waals surface area contributed by atoms with Crippen LogP contribution in [-0.4, -0.2) is 61.8 Å². The van der Waals surface area contributed by atoms with Gasteiger partial charge in [0.25, 0.3) is 0 Å². The lowest BCUT2D eigenvalue weighted by molar-refractivity contribution is -0.127. The zero-order chi connectivity index (χ0) is 17.9. The van der Waals surface area contributed by atoms with Crippen molar-refractivity contribution in [2.45, 2.75) is 50.2 Å². The van der Waals surface area contributed by atoms with E-state index in [0.29, 0.717) is 6.04 Å². The normalized spacial score (nSPS) is 27.8. The Labute approximate surface area is 160 Å². The van der Waals surface area contributed by atoms with Gasteiger partial charge in [0.05, 0.1) is 6.04 Å². The molecular weight excluding hydrogens is 350 g/mol. The molecule has 3 aliphatic heterocycles. The quantitative estimate of drug-likeness (QED) is 0.876. The number of carbonyl (C=O) groups excluding carboxylic acids is 1. The first-order valence-electron chi connectivity index (χ1n) is 9.85. The fourth-order valence-corrected chi connectivity index (χ4v) is 4.71. The summed E-state index contributed by atoms with van der Waals surface area (Å²) in [5, 5.41) is 4.08. The number of likely N-dealkylation sites (tertiary alicyclic amines) is 1. The Kier molecular flexibility index (Phi) is 5.67. The highest BCUT2D eigenvalue weighted by Crippen LogP contribution is 2.26. The van der Waals surface area contributed by atoms with Crippen LogP contribution in [0.2, 0.25) is 5.02 Å². The van der Waals surface area contributed by atoms with Crippen molar-refractivity contribution in [2.75, 3.05) is 37.7 Å². The predicted octanol–water partition coefficient (Wildman–Crippen LogP) is 2.68. The summed E-state index contributed by atoms with van der Waals surface area (Å²) in [4.78, 5) is 17.7. The minimum atomic E-state index is 0.0441.